The number of primary amides is 2. The largest absolute Gasteiger partial charge is 0.412 e. The normalized spacial score (nSPS) is 11.8. The van der Waals surface area contributed by atoms with Crippen molar-refractivity contribution in [1.82, 2.24) is 0 Å². The van der Waals surface area contributed by atoms with Crippen molar-refractivity contribution in [3.05, 3.63) is 0 Å². The van der Waals surface area contributed by atoms with Crippen molar-refractivity contribution in [3.8, 4) is 0 Å². The molecular weight excluding hydrogens is 166 g/mol. The number of esters is 1. The van der Waals surface area contributed by atoms with Crippen molar-refractivity contribution in [2.75, 3.05) is 0 Å². The lowest BCUT2D eigenvalue weighted by Gasteiger charge is -2.05. The molecule has 0 aromatic rings. The van der Waals surface area contributed by atoms with Gasteiger partial charge in [-0.05, 0) is 0 Å². The third kappa shape index (κ3) is 4.23. The van der Waals surface area contributed by atoms with E-state index in [1.807, 2.05) is 0 Å². The summed E-state index contributed by atoms with van der Waals surface area (Å²) < 4.78 is 3.88. The van der Waals surface area contributed by atoms with Crippen LogP contribution in [0.2, 0.25) is 0 Å². The maximum absolute atomic E-state index is 10.6. The fourth-order valence-corrected chi connectivity index (χ4v) is 0.475. The first kappa shape index (κ1) is 10.4. The second kappa shape index (κ2) is 4.29. The summed E-state index contributed by atoms with van der Waals surface area (Å²) in [6.07, 6.45) is -1.65. The van der Waals surface area contributed by atoms with E-state index in [1.165, 1.54) is 0 Å². The molecule has 0 bridgehead atoms. The van der Waals surface area contributed by atoms with Crippen molar-refractivity contribution >= 4 is 18.0 Å². The Labute approximate surface area is 67.8 Å². The standard InChI is InChI=1S/C5H9N3O4/c6-2(1-3(7)9)4(10)12-5(8)11/h2H,1,6H2,(H2,7,9)(H2,8,11). The van der Waals surface area contributed by atoms with Gasteiger partial charge < -0.3 is 21.9 Å². The molecule has 0 radical (unpaired) electrons. The zero-order valence-electron chi connectivity index (χ0n) is 6.15. The average Bonchev–Trinajstić information content (AvgIpc) is 1.84. The summed E-state index contributed by atoms with van der Waals surface area (Å²) in [5.41, 5.74) is 14.3. The van der Waals surface area contributed by atoms with Crippen LogP contribution in [0.25, 0.3) is 0 Å². The number of carbonyl (C=O) groups is 3. The topological polar surface area (TPSA) is 138 Å². The Kier molecular flexibility index (Phi) is 3.71. The molecule has 0 aromatic carbocycles. The van der Waals surface area contributed by atoms with Gasteiger partial charge in [-0.2, -0.15) is 0 Å². The maximum atomic E-state index is 10.6. The molecule has 0 saturated carbocycles. The summed E-state index contributed by atoms with van der Waals surface area (Å²) in [5.74, 6) is -1.83. The summed E-state index contributed by atoms with van der Waals surface area (Å²) in [6, 6.07) is -1.24. The Morgan fingerprint density at radius 3 is 2.08 bits per heavy atom. The summed E-state index contributed by atoms with van der Waals surface area (Å²) in [7, 11) is 0. The van der Waals surface area contributed by atoms with Gasteiger partial charge in [0, 0.05) is 0 Å². The third-order valence-corrected chi connectivity index (χ3v) is 0.925. The van der Waals surface area contributed by atoms with Crippen LogP contribution in [-0.4, -0.2) is 24.0 Å². The number of hydrogen-bond acceptors (Lipinski definition) is 5. The molecule has 0 saturated heterocycles. The van der Waals surface area contributed by atoms with Gasteiger partial charge in [-0.25, -0.2) is 9.59 Å². The van der Waals surface area contributed by atoms with Crippen LogP contribution in [0.15, 0.2) is 0 Å². The molecule has 6 N–H and O–H groups in total. The number of carbonyl (C=O) groups excluding carboxylic acids is 3. The summed E-state index contributed by atoms with van der Waals surface area (Å²) in [4.78, 5) is 30.9. The SMILES string of the molecule is NC(=O)CC(N)C(=O)OC(N)=O. The van der Waals surface area contributed by atoms with Crippen LogP contribution in [-0.2, 0) is 14.3 Å². The van der Waals surface area contributed by atoms with Crippen molar-refractivity contribution in [2.24, 2.45) is 17.2 Å². The van der Waals surface area contributed by atoms with Crippen LogP contribution in [0.1, 0.15) is 6.42 Å². The number of amides is 2. The molecule has 0 aliphatic rings. The molecule has 0 aliphatic heterocycles. The van der Waals surface area contributed by atoms with Crippen molar-refractivity contribution in [1.29, 1.82) is 0 Å². The van der Waals surface area contributed by atoms with Gasteiger partial charge in [0.2, 0.25) is 5.91 Å². The highest BCUT2D eigenvalue weighted by molar-refractivity contribution is 5.90. The molecule has 0 fully saturated rings. The lowest BCUT2D eigenvalue weighted by atomic mass is 10.2. The first-order valence-electron chi connectivity index (χ1n) is 2.98. The van der Waals surface area contributed by atoms with E-state index < -0.39 is 24.0 Å². The van der Waals surface area contributed by atoms with Crippen molar-refractivity contribution < 1.29 is 19.1 Å². The highest BCUT2D eigenvalue weighted by atomic mass is 16.6. The minimum Gasteiger partial charge on any atom is -0.375 e. The van der Waals surface area contributed by atoms with Gasteiger partial charge in [0.15, 0.2) is 0 Å². The monoisotopic (exact) mass is 175 g/mol. The summed E-state index contributed by atoms with van der Waals surface area (Å²) >= 11 is 0. The van der Waals surface area contributed by atoms with E-state index in [0.29, 0.717) is 0 Å². The molecule has 7 nitrogen and oxygen atoms in total. The molecule has 0 rings (SSSR count). The second-order valence-electron chi connectivity index (χ2n) is 2.02. The van der Waals surface area contributed by atoms with Gasteiger partial charge in [-0.1, -0.05) is 0 Å². The van der Waals surface area contributed by atoms with E-state index >= 15 is 0 Å². The Morgan fingerprint density at radius 1 is 1.25 bits per heavy atom. The Morgan fingerprint density at radius 2 is 1.75 bits per heavy atom. The third-order valence-electron chi connectivity index (χ3n) is 0.925. The molecule has 7 heteroatoms. The molecule has 2 amide bonds. The number of rotatable bonds is 3. The quantitative estimate of drug-likeness (QED) is 0.330. The molecular formula is C5H9N3O4. The number of hydrogen-bond donors (Lipinski definition) is 3. The second-order valence-corrected chi connectivity index (χ2v) is 2.02. The van der Waals surface area contributed by atoms with Crippen molar-refractivity contribution in [3.63, 3.8) is 0 Å². The van der Waals surface area contributed by atoms with E-state index in [4.69, 9.17) is 11.5 Å². The summed E-state index contributed by atoms with van der Waals surface area (Å²) in [6.45, 7) is 0. The van der Waals surface area contributed by atoms with Gasteiger partial charge in [0.25, 0.3) is 0 Å². The van der Waals surface area contributed by atoms with Crippen LogP contribution >= 0.6 is 0 Å². The maximum Gasteiger partial charge on any atom is 0.412 e. The van der Waals surface area contributed by atoms with Gasteiger partial charge in [-0.15, -0.1) is 0 Å². The van der Waals surface area contributed by atoms with Gasteiger partial charge in [0.05, 0.1) is 6.42 Å². The molecule has 0 aromatic heterocycles. The predicted octanol–water partition coefficient (Wildman–Crippen LogP) is -2.19. The molecule has 0 aliphatic carbocycles. The van der Waals surface area contributed by atoms with Gasteiger partial charge in [-0.3, -0.25) is 4.79 Å². The zero-order chi connectivity index (χ0) is 9.72. The van der Waals surface area contributed by atoms with E-state index in [9.17, 15) is 14.4 Å². The Bertz CT molecular complexity index is 215. The molecule has 1 atom stereocenters. The smallest absolute Gasteiger partial charge is 0.375 e. The highest BCUT2D eigenvalue weighted by Crippen LogP contribution is 1.90. The van der Waals surface area contributed by atoms with E-state index in [1.54, 1.807) is 0 Å². The van der Waals surface area contributed by atoms with E-state index in [0.717, 1.165) is 0 Å². The number of nitrogens with two attached hydrogens (primary N) is 3. The van der Waals surface area contributed by atoms with E-state index in [2.05, 4.69) is 10.5 Å². The Balaban J connectivity index is 3.93. The first-order valence-corrected chi connectivity index (χ1v) is 2.98. The van der Waals surface area contributed by atoms with Crippen LogP contribution in [0, 0.1) is 0 Å². The van der Waals surface area contributed by atoms with Gasteiger partial charge in [0.1, 0.15) is 6.04 Å². The summed E-state index contributed by atoms with van der Waals surface area (Å²) in [5, 5.41) is 0. The number of ether oxygens (including phenoxy) is 1. The van der Waals surface area contributed by atoms with Crippen LogP contribution in [0.5, 0.6) is 0 Å². The fourth-order valence-electron chi connectivity index (χ4n) is 0.475. The average molecular weight is 175 g/mol. The lowest BCUT2D eigenvalue weighted by Crippen LogP contribution is -2.38. The van der Waals surface area contributed by atoms with Crippen LogP contribution < -0.4 is 17.2 Å². The minimum absolute atomic E-state index is 0.383. The predicted molar refractivity (Wildman–Crippen MR) is 37.5 cm³/mol. The molecule has 1 unspecified atom stereocenters. The molecule has 0 spiro atoms. The highest BCUT2D eigenvalue weighted by Gasteiger charge is 2.19. The Hall–Kier alpha value is -1.63. The first-order chi connectivity index (χ1) is 5.43. The molecule has 12 heavy (non-hydrogen) atoms. The van der Waals surface area contributed by atoms with Crippen LogP contribution in [0.3, 0.4) is 0 Å². The molecule has 0 heterocycles. The van der Waals surface area contributed by atoms with Crippen molar-refractivity contribution in [2.45, 2.75) is 12.5 Å². The zero-order valence-corrected chi connectivity index (χ0v) is 6.15. The fraction of sp³-hybridized carbons (Fsp3) is 0.400. The minimum atomic E-state index is -1.26. The molecule has 68 valence electrons. The lowest BCUT2D eigenvalue weighted by molar-refractivity contribution is -0.140. The van der Waals surface area contributed by atoms with E-state index in [-0.39, 0.29) is 6.42 Å². The van der Waals surface area contributed by atoms with Crippen LogP contribution in [0.4, 0.5) is 4.79 Å². The van der Waals surface area contributed by atoms with Gasteiger partial charge >= 0.3 is 12.1 Å².